The molecule has 152 valence electrons. The van der Waals surface area contributed by atoms with E-state index in [0.29, 0.717) is 21.0 Å². The van der Waals surface area contributed by atoms with E-state index in [-0.39, 0.29) is 12.4 Å². The molecule has 1 aromatic carbocycles. The van der Waals surface area contributed by atoms with Crippen LogP contribution >= 0.6 is 11.3 Å². The summed E-state index contributed by atoms with van der Waals surface area (Å²) in [6.45, 7) is 7.54. The fraction of sp³-hybridized carbons (Fsp3) is 0.455. The third kappa shape index (κ3) is 3.71. The average Bonchev–Trinajstić information content (AvgIpc) is 3.03. The van der Waals surface area contributed by atoms with Crippen LogP contribution in [0.5, 0.6) is 0 Å². The molecule has 6 nitrogen and oxygen atoms in total. The standard InChI is InChI=1S/C22H25N3O3S/c1-4-28-22(27)18-13(2)20(14(3)26)29-21(18)24-23-17-11-15-7-5-9-25-10-6-8-16(12-17)19(15)25/h11-12H,4-10H2,1-3H3. The number of carbonyl (C=O) groups excluding carboxylic acids is 2. The van der Waals surface area contributed by atoms with Gasteiger partial charge in [0.1, 0.15) is 5.56 Å². The third-order valence-corrected chi connectivity index (χ3v) is 6.78. The molecule has 0 saturated carbocycles. The van der Waals surface area contributed by atoms with Crippen LogP contribution in [0.4, 0.5) is 16.4 Å². The van der Waals surface area contributed by atoms with Crippen molar-refractivity contribution in [2.24, 2.45) is 10.2 Å². The van der Waals surface area contributed by atoms with E-state index in [1.165, 1.54) is 35.1 Å². The average molecular weight is 412 g/mol. The Morgan fingerprint density at radius 2 is 1.79 bits per heavy atom. The van der Waals surface area contributed by atoms with Gasteiger partial charge in [-0.1, -0.05) is 0 Å². The molecule has 0 radical (unpaired) electrons. The van der Waals surface area contributed by atoms with Gasteiger partial charge in [0.2, 0.25) is 0 Å². The lowest BCUT2D eigenvalue weighted by Gasteiger charge is -2.36. The molecule has 2 aromatic rings. The molecule has 0 unspecified atom stereocenters. The van der Waals surface area contributed by atoms with E-state index in [0.717, 1.165) is 44.5 Å². The highest BCUT2D eigenvalue weighted by atomic mass is 32.1. The number of nitrogens with zero attached hydrogens (tertiary/aromatic N) is 3. The molecule has 0 N–H and O–H groups in total. The summed E-state index contributed by atoms with van der Waals surface area (Å²) in [7, 11) is 0. The first-order valence-electron chi connectivity index (χ1n) is 10.1. The lowest BCUT2D eigenvalue weighted by atomic mass is 9.91. The zero-order valence-electron chi connectivity index (χ0n) is 17.1. The van der Waals surface area contributed by atoms with Gasteiger partial charge in [-0.2, -0.15) is 0 Å². The number of benzene rings is 1. The molecule has 0 atom stereocenters. The summed E-state index contributed by atoms with van der Waals surface area (Å²) in [6.07, 6.45) is 4.43. The van der Waals surface area contributed by atoms with Crippen molar-refractivity contribution in [1.82, 2.24) is 0 Å². The van der Waals surface area contributed by atoms with Crippen LogP contribution in [0, 0.1) is 6.92 Å². The largest absolute Gasteiger partial charge is 0.462 e. The summed E-state index contributed by atoms with van der Waals surface area (Å²) >= 11 is 1.20. The molecule has 1 aromatic heterocycles. The van der Waals surface area contributed by atoms with Crippen molar-refractivity contribution in [1.29, 1.82) is 0 Å². The molecule has 29 heavy (non-hydrogen) atoms. The predicted molar refractivity (Wildman–Crippen MR) is 114 cm³/mol. The Balaban J connectivity index is 1.72. The van der Waals surface area contributed by atoms with Crippen LogP contribution in [0.3, 0.4) is 0 Å². The molecule has 4 rings (SSSR count). The van der Waals surface area contributed by atoms with Gasteiger partial charge in [0.15, 0.2) is 10.8 Å². The van der Waals surface area contributed by atoms with Crippen LogP contribution in [-0.2, 0) is 17.6 Å². The molecule has 0 spiro atoms. The van der Waals surface area contributed by atoms with Gasteiger partial charge in [-0.15, -0.1) is 21.6 Å². The Hall–Kier alpha value is -2.54. The Kier molecular flexibility index (Phi) is 5.50. The van der Waals surface area contributed by atoms with Gasteiger partial charge in [-0.25, -0.2) is 4.79 Å². The lowest BCUT2D eigenvalue weighted by Crippen LogP contribution is -2.34. The van der Waals surface area contributed by atoms with Crippen molar-refractivity contribution in [3.05, 3.63) is 39.3 Å². The van der Waals surface area contributed by atoms with Crippen LogP contribution in [0.2, 0.25) is 0 Å². The fourth-order valence-corrected chi connectivity index (χ4v) is 5.31. The molecule has 3 heterocycles. The molecule has 0 fully saturated rings. The van der Waals surface area contributed by atoms with Gasteiger partial charge in [0.25, 0.3) is 0 Å². The zero-order valence-corrected chi connectivity index (χ0v) is 17.9. The Morgan fingerprint density at radius 3 is 2.38 bits per heavy atom. The maximum absolute atomic E-state index is 12.4. The number of rotatable bonds is 5. The first-order valence-corrected chi connectivity index (χ1v) is 10.9. The molecular weight excluding hydrogens is 386 g/mol. The van der Waals surface area contributed by atoms with Gasteiger partial charge in [0.05, 0.1) is 17.2 Å². The second kappa shape index (κ2) is 8.06. The zero-order chi connectivity index (χ0) is 20.5. The second-order valence-electron chi connectivity index (χ2n) is 7.52. The summed E-state index contributed by atoms with van der Waals surface area (Å²) in [6, 6.07) is 4.21. The minimum atomic E-state index is -0.459. The van der Waals surface area contributed by atoms with Gasteiger partial charge in [-0.05, 0) is 75.3 Å². The minimum Gasteiger partial charge on any atom is -0.462 e. The number of anilines is 1. The molecule has 0 aliphatic carbocycles. The smallest absolute Gasteiger partial charge is 0.341 e. The predicted octanol–water partition coefficient (Wildman–Crippen LogP) is 5.55. The highest BCUT2D eigenvalue weighted by molar-refractivity contribution is 7.18. The van der Waals surface area contributed by atoms with Crippen molar-refractivity contribution in [2.45, 2.75) is 46.5 Å². The minimum absolute atomic E-state index is 0.0854. The third-order valence-electron chi connectivity index (χ3n) is 5.50. The van der Waals surface area contributed by atoms with E-state index in [1.54, 1.807) is 13.8 Å². The summed E-state index contributed by atoms with van der Waals surface area (Å²) in [4.78, 5) is 27.4. The number of thiophene rings is 1. The number of ether oxygens (including phenoxy) is 1. The molecule has 0 saturated heterocycles. The first kappa shape index (κ1) is 19.8. The van der Waals surface area contributed by atoms with E-state index in [1.807, 2.05) is 0 Å². The number of hydrogen-bond acceptors (Lipinski definition) is 7. The van der Waals surface area contributed by atoms with Crippen molar-refractivity contribution in [3.63, 3.8) is 0 Å². The van der Waals surface area contributed by atoms with Gasteiger partial charge in [-0.3, -0.25) is 4.79 Å². The van der Waals surface area contributed by atoms with Crippen LogP contribution in [0.15, 0.2) is 22.4 Å². The normalized spacial score (nSPS) is 15.5. The van der Waals surface area contributed by atoms with E-state index < -0.39 is 5.97 Å². The molecule has 0 amide bonds. The van der Waals surface area contributed by atoms with Crippen LogP contribution in [-0.4, -0.2) is 31.4 Å². The van der Waals surface area contributed by atoms with Crippen molar-refractivity contribution in [2.75, 3.05) is 24.6 Å². The van der Waals surface area contributed by atoms with Gasteiger partial charge in [0, 0.05) is 18.8 Å². The summed E-state index contributed by atoms with van der Waals surface area (Å²) in [5.74, 6) is -0.545. The number of esters is 1. The number of azo groups is 1. The van der Waals surface area contributed by atoms with Crippen LogP contribution in [0.25, 0.3) is 0 Å². The number of Topliss-reactive ketones (excluding diaryl/α,β-unsaturated/α-hetero) is 1. The molecular formula is C22H25N3O3S. The lowest BCUT2D eigenvalue weighted by molar-refractivity contribution is 0.0527. The Bertz CT molecular complexity index is 978. The maximum Gasteiger partial charge on any atom is 0.341 e. The summed E-state index contributed by atoms with van der Waals surface area (Å²) in [5.41, 5.74) is 5.81. The summed E-state index contributed by atoms with van der Waals surface area (Å²) in [5, 5.41) is 9.27. The highest BCUT2D eigenvalue weighted by Gasteiger charge is 2.26. The maximum atomic E-state index is 12.4. The van der Waals surface area contributed by atoms with Gasteiger partial charge >= 0.3 is 5.97 Å². The number of hydrogen-bond donors (Lipinski definition) is 0. The van der Waals surface area contributed by atoms with Crippen LogP contribution < -0.4 is 4.90 Å². The quantitative estimate of drug-likeness (QED) is 0.367. The number of carbonyl (C=O) groups is 2. The number of ketones is 1. The molecule has 7 heteroatoms. The highest BCUT2D eigenvalue weighted by Crippen LogP contribution is 2.40. The van der Waals surface area contributed by atoms with Crippen molar-refractivity contribution < 1.29 is 14.3 Å². The summed E-state index contributed by atoms with van der Waals surface area (Å²) < 4.78 is 5.17. The van der Waals surface area contributed by atoms with E-state index in [4.69, 9.17) is 4.74 Å². The molecule has 2 aliphatic rings. The topological polar surface area (TPSA) is 71.3 Å². The van der Waals surface area contributed by atoms with E-state index >= 15 is 0 Å². The fourth-order valence-electron chi connectivity index (χ4n) is 4.29. The molecule has 0 bridgehead atoms. The van der Waals surface area contributed by atoms with Gasteiger partial charge < -0.3 is 9.64 Å². The van der Waals surface area contributed by atoms with E-state index in [9.17, 15) is 9.59 Å². The molecule has 2 aliphatic heterocycles. The Morgan fingerprint density at radius 1 is 1.14 bits per heavy atom. The monoisotopic (exact) mass is 411 g/mol. The van der Waals surface area contributed by atoms with Crippen molar-refractivity contribution in [3.8, 4) is 0 Å². The van der Waals surface area contributed by atoms with E-state index in [2.05, 4.69) is 27.3 Å². The second-order valence-corrected chi connectivity index (χ2v) is 8.52. The number of aryl methyl sites for hydroxylation is 2. The first-order chi connectivity index (χ1) is 14.0. The SMILES string of the molecule is CCOC(=O)c1c(N=Nc2cc3c4c(c2)CCCN4CCC3)sc(C(C)=O)c1C. The Labute approximate surface area is 174 Å². The van der Waals surface area contributed by atoms with Crippen molar-refractivity contribution >= 4 is 39.5 Å². The van der Waals surface area contributed by atoms with Crippen LogP contribution in [0.1, 0.15) is 63.4 Å².